The quantitative estimate of drug-likeness (QED) is 0.535. The van der Waals surface area contributed by atoms with E-state index < -0.39 is 22.1 Å². The summed E-state index contributed by atoms with van der Waals surface area (Å²) in [4.78, 5) is 10.2. The fourth-order valence-electron chi connectivity index (χ4n) is 1.13. The van der Waals surface area contributed by atoms with Crippen LogP contribution >= 0.6 is 0 Å². The molecule has 88 valence electrons. The van der Waals surface area contributed by atoms with E-state index in [1.165, 1.54) is 0 Å². The maximum absolute atomic E-state index is 11.3. The van der Waals surface area contributed by atoms with Crippen molar-refractivity contribution in [1.29, 1.82) is 0 Å². The van der Waals surface area contributed by atoms with Crippen molar-refractivity contribution in [3.63, 3.8) is 0 Å². The molecule has 7 heteroatoms. The molecule has 0 aromatic heterocycles. The predicted molar refractivity (Wildman–Crippen MR) is 52.8 cm³/mol. The van der Waals surface area contributed by atoms with Gasteiger partial charge in [0.1, 0.15) is 0 Å². The van der Waals surface area contributed by atoms with Crippen molar-refractivity contribution >= 4 is 16.0 Å². The van der Waals surface area contributed by atoms with Gasteiger partial charge < -0.3 is 10.2 Å². The highest BCUT2D eigenvalue weighted by molar-refractivity contribution is 7.89. The second-order valence-electron chi connectivity index (χ2n) is 3.76. The smallest absolute Gasteiger partial charge is 0.332 e. The highest BCUT2D eigenvalue weighted by atomic mass is 32.2. The average Bonchev–Trinajstić information content (AvgIpc) is 2.86. The average molecular weight is 237 g/mol. The van der Waals surface area contributed by atoms with Gasteiger partial charge in [0.15, 0.2) is 6.10 Å². The number of hydrogen-bond acceptors (Lipinski definition) is 4. The third kappa shape index (κ3) is 5.10. The van der Waals surface area contributed by atoms with Gasteiger partial charge in [-0.3, -0.25) is 0 Å². The zero-order valence-corrected chi connectivity index (χ0v) is 9.03. The Kier molecular flexibility index (Phi) is 4.06. The molecule has 1 aliphatic rings. The van der Waals surface area contributed by atoms with Gasteiger partial charge in [-0.2, -0.15) is 0 Å². The molecule has 3 N–H and O–H groups in total. The Bertz CT molecular complexity index is 322. The number of carbonyl (C=O) groups is 1. The van der Waals surface area contributed by atoms with Crippen molar-refractivity contribution in [3.05, 3.63) is 0 Å². The van der Waals surface area contributed by atoms with E-state index in [-0.39, 0.29) is 24.6 Å². The molecule has 0 heterocycles. The Labute approximate surface area is 88.3 Å². The molecule has 0 aromatic carbocycles. The summed E-state index contributed by atoms with van der Waals surface area (Å²) in [6.07, 6.45) is 0.268. The summed E-state index contributed by atoms with van der Waals surface area (Å²) in [6, 6.07) is 0. The maximum atomic E-state index is 11.3. The van der Waals surface area contributed by atoms with Gasteiger partial charge in [0.2, 0.25) is 10.0 Å². The summed E-state index contributed by atoms with van der Waals surface area (Å²) in [5, 5.41) is 17.2. The van der Waals surface area contributed by atoms with Gasteiger partial charge in [-0.05, 0) is 25.2 Å². The number of aliphatic hydroxyl groups is 1. The number of carboxylic acid groups (broad SMARTS) is 1. The van der Waals surface area contributed by atoms with Crippen LogP contribution in [0.25, 0.3) is 0 Å². The largest absolute Gasteiger partial charge is 0.479 e. The first-order valence-corrected chi connectivity index (χ1v) is 6.44. The predicted octanol–water partition coefficient (Wildman–Crippen LogP) is -0.849. The van der Waals surface area contributed by atoms with E-state index in [1.807, 2.05) is 0 Å². The number of aliphatic carboxylic acids is 1. The first-order valence-electron chi connectivity index (χ1n) is 4.79. The number of rotatable bonds is 7. The Hall–Kier alpha value is -0.660. The fourth-order valence-corrected chi connectivity index (χ4v) is 2.63. The molecule has 0 radical (unpaired) electrons. The standard InChI is InChI=1S/C8H15NO5S/c10-7(8(11)12)3-4-9-15(13,14)5-6-1-2-6/h6-7,9-10H,1-5H2,(H,11,12)/t7-/m0/s1. The lowest BCUT2D eigenvalue weighted by Crippen LogP contribution is -2.32. The first kappa shape index (κ1) is 12.4. The normalized spacial score (nSPS) is 18.7. The molecule has 0 bridgehead atoms. The number of hydrogen-bond donors (Lipinski definition) is 3. The van der Waals surface area contributed by atoms with Gasteiger partial charge in [-0.15, -0.1) is 0 Å². The lowest BCUT2D eigenvalue weighted by molar-refractivity contribution is -0.146. The highest BCUT2D eigenvalue weighted by Gasteiger charge is 2.27. The van der Waals surface area contributed by atoms with Gasteiger partial charge in [-0.25, -0.2) is 17.9 Å². The zero-order chi connectivity index (χ0) is 11.5. The maximum Gasteiger partial charge on any atom is 0.332 e. The van der Waals surface area contributed by atoms with Crippen LogP contribution in [0.3, 0.4) is 0 Å². The van der Waals surface area contributed by atoms with Gasteiger partial charge >= 0.3 is 5.97 Å². The van der Waals surface area contributed by atoms with E-state index in [1.54, 1.807) is 0 Å². The second-order valence-corrected chi connectivity index (χ2v) is 5.61. The monoisotopic (exact) mass is 237 g/mol. The lowest BCUT2D eigenvalue weighted by Gasteiger charge is -2.07. The lowest BCUT2D eigenvalue weighted by atomic mass is 10.3. The minimum absolute atomic E-state index is 0.0392. The van der Waals surface area contributed by atoms with Crippen LogP contribution in [0.5, 0.6) is 0 Å². The van der Waals surface area contributed by atoms with Crippen molar-refractivity contribution in [2.24, 2.45) is 5.92 Å². The van der Waals surface area contributed by atoms with E-state index in [4.69, 9.17) is 10.2 Å². The molecule has 0 amide bonds. The van der Waals surface area contributed by atoms with Crippen LogP contribution in [0.15, 0.2) is 0 Å². The molecule has 0 spiro atoms. The minimum atomic E-state index is -3.29. The molecule has 1 atom stereocenters. The third-order valence-electron chi connectivity index (χ3n) is 2.18. The molecule has 0 aromatic rings. The Morgan fingerprint density at radius 2 is 2.07 bits per heavy atom. The fraction of sp³-hybridized carbons (Fsp3) is 0.875. The Balaban J connectivity index is 2.20. The van der Waals surface area contributed by atoms with E-state index >= 15 is 0 Å². The van der Waals surface area contributed by atoms with Crippen LogP contribution in [0.1, 0.15) is 19.3 Å². The zero-order valence-electron chi connectivity index (χ0n) is 8.22. The van der Waals surface area contributed by atoms with Crippen LogP contribution in [-0.4, -0.2) is 43.0 Å². The summed E-state index contributed by atoms with van der Waals surface area (Å²) < 4.78 is 24.8. The molecule has 0 aliphatic heterocycles. The van der Waals surface area contributed by atoms with Crippen molar-refractivity contribution in [2.75, 3.05) is 12.3 Å². The molecule has 0 unspecified atom stereocenters. The molecule has 1 saturated carbocycles. The second kappa shape index (κ2) is 4.91. The molecule has 6 nitrogen and oxygen atoms in total. The molecule has 0 saturated heterocycles. The van der Waals surface area contributed by atoms with Gasteiger partial charge in [0, 0.05) is 6.54 Å². The number of carboxylic acids is 1. The number of sulfonamides is 1. The molecule has 15 heavy (non-hydrogen) atoms. The first-order chi connectivity index (χ1) is 6.91. The SMILES string of the molecule is O=C(O)[C@@H](O)CCNS(=O)(=O)CC1CC1. The number of aliphatic hydroxyl groups excluding tert-OH is 1. The van der Waals surface area contributed by atoms with E-state index in [0.717, 1.165) is 12.8 Å². The van der Waals surface area contributed by atoms with Gasteiger partial charge in [-0.1, -0.05) is 0 Å². The topological polar surface area (TPSA) is 104 Å². The summed E-state index contributed by atoms with van der Waals surface area (Å²) in [7, 11) is -3.29. The summed E-state index contributed by atoms with van der Waals surface area (Å²) in [6.45, 7) is -0.0392. The van der Waals surface area contributed by atoms with Crippen LogP contribution < -0.4 is 4.72 Å². The molecule has 1 fully saturated rings. The Morgan fingerprint density at radius 3 is 2.53 bits per heavy atom. The molecular formula is C8H15NO5S. The van der Waals surface area contributed by atoms with Crippen LogP contribution in [0, 0.1) is 5.92 Å². The van der Waals surface area contributed by atoms with Crippen LogP contribution in [0.4, 0.5) is 0 Å². The number of nitrogens with one attached hydrogen (secondary N) is 1. The van der Waals surface area contributed by atoms with Crippen molar-refractivity contribution in [2.45, 2.75) is 25.4 Å². The van der Waals surface area contributed by atoms with Gasteiger partial charge in [0.25, 0.3) is 0 Å². The van der Waals surface area contributed by atoms with Crippen LogP contribution in [0.2, 0.25) is 0 Å². The van der Waals surface area contributed by atoms with Crippen molar-refractivity contribution in [1.82, 2.24) is 4.72 Å². The van der Waals surface area contributed by atoms with Gasteiger partial charge in [0.05, 0.1) is 5.75 Å². The molecular weight excluding hydrogens is 222 g/mol. The third-order valence-corrected chi connectivity index (χ3v) is 3.73. The van der Waals surface area contributed by atoms with Crippen molar-refractivity contribution in [3.8, 4) is 0 Å². The highest BCUT2D eigenvalue weighted by Crippen LogP contribution is 2.29. The van der Waals surface area contributed by atoms with E-state index in [2.05, 4.69) is 4.72 Å². The van der Waals surface area contributed by atoms with Crippen LogP contribution in [-0.2, 0) is 14.8 Å². The molecule has 1 aliphatic carbocycles. The molecule has 1 rings (SSSR count). The van der Waals surface area contributed by atoms with Crippen molar-refractivity contribution < 1.29 is 23.4 Å². The summed E-state index contributed by atoms with van der Waals surface area (Å²) in [5.74, 6) is -0.973. The minimum Gasteiger partial charge on any atom is -0.479 e. The summed E-state index contributed by atoms with van der Waals surface area (Å²) in [5.41, 5.74) is 0. The Morgan fingerprint density at radius 1 is 1.47 bits per heavy atom. The van der Waals surface area contributed by atoms with E-state index in [9.17, 15) is 13.2 Å². The summed E-state index contributed by atoms with van der Waals surface area (Å²) >= 11 is 0. The van der Waals surface area contributed by atoms with E-state index in [0.29, 0.717) is 0 Å².